The molecular formula is C15H14F3N3O4S. The minimum Gasteiger partial charge on any atom is -0.466 e. The normalized spacial score (nSPS) is 16.6. The van der Waals surface area contributed by atoms with Gasteiger partial charge in [0.1, 0.15) is 0 Å². The molecule has 7 nitrogen and oxygen atoms in total. The van der Waals surface area contributed by atoms with Crippen molar-refractivity contribution in [2.45, 2.75) is 30.6 Å². The smallest absolute Gasteiger partial charge is 0.442 e. The molecule has 0 saturated heterocycles. The Balaban J connectivity index is 1.95. The van der Waals surface area contributed by atoms with Gasteiger partial charge in [-0.3, -0.25) is 4.79 Å². The van der Waals surface area contributed by atoms with Gasteiger partial charge in [-0.05, 0) is 25.0 Å². The molecule has 1 aliphatic carbocycles. The zero-order chi connectivity index (χ0) is 18.9. The fourth-order valence-corrected chi connectivity index (χ4v) is 3.10. The number of furan rings is 1. The Morgan fingerprint density at radius 1 is 1.38 bits per heavy atom. The summed E-state index contributed by atoms with van der Waals surface area (Å²) in [6.45, 7) is 0. The highest BCUT2D eigenvalue weighted by molar-refractivity contribution is 7.13. The van der Waals surface area contributed by atoms with Crippen molar-refractivity contribution in [2.24, 2.45) is 0 Å². The average molecular weight is 389 g/mol. The molecule has 0 bridgehead atoms. The number of esters is 1. The highest BCUT2D eigenvalue weighted by Gasteiger charge is 2.64. The third-order valence-corrected chi connectivity index (χ3v) is 4.55. The van der Waals surface area contributed by atoms with Crippen LogP contribution in [0.1, 0.15) is 35.0 Å². The molecule has 1 fully saturated rings. The second-order valence-electron chi connectivity index (χ2n) is 5.65. The summed E-state index contributed by atoms with van der Waals surface area (Å²) < 4.78 is 50.6. The summed E-state index contributed by atoms with van der Waals surface area (Å²) in [5.41, 5.74) is -2.86. The Kier molecular flexibility index (Phi) is 4.65. The lowest BCUT2D eigenvalue weighted by molar-refractivity contribution is -0.203. The number of hydrogen-bond donors (Lipinski definition) is 2. The molecule has 1 atom stereocenters. The Labute approximate surface area is 149 Å². The molecule has 1 aliphatic rings. The molecule has 0 aromatic carbocycles. The van der Waals surface area contributed by atoms with Crippen LogP contribution in [0, 0.1) is 0 Å². The van der Waals surface area contributed by atoms with E-state index in [-0.39, 0.29) is 16.8 Å². The maximum Gasteiger partial charge on any atom is 0.442 e. The van der Waals surface area contributed by atoms with Crippen LogP contribution >= 0.6 is 11.3 Å². The van der Waals surface area contributed by atoms with Gasteiger partial charge in [-0.15, -0.1) is 11.3 Å². The molecule has 1 saturated carbocycles. The van der Waals surface area contributed by atoms with E-state index in [0.29, 0.717) is 5.69 Å². The SMILES string of the molecule is COC(=O)[C@@](NC(=O)c1ccco1)(Nc1nc(C2CC2)cs1)C(F)(F)F. The number of rotatable bonds is 6. The zero-order valence-electron chi connectivity index (χ0n) is 13.4. The number of carbonyl (C=O) groups is 2. The van der Waals surface area contributed by atoms with Gasteiger partial charge in [0, 0.05) is 11.3 Å². The van der Waals surface area contributed by atoms with Gasteiger partial charge in [-0.25, -0.2) is 9.78 Å². The van der Waals surface area contributed by atoms with Crippen LogP contribution in [-0.2, 0) is 9.53 Å². The summed E-state index contributed by atoms with van der Waals surface area (Å²) >= 11 is 0.909. The lowest BCUT2D eigenvalue weighted by Crippen LogP contribution is -2.69. The first-order valence-electron chi connectivity index (χ1n) is 7.51. The quantitative estimate of drug-likeness (QED) is 0.583. The molecule has 1 amide bonds. The van der Waals surface area contributed by atoms with E-state index in [4.69, 9.17) is 4.42 Å². The van der Waals surface area contributed by atoms with Crippen LogP contribution in [0.25, 0.3) is 0 Å². The number of nitrogens with zero attached hydrogens (tertiary/aromatic N) is 1. The molecule has 2 N–H and O–H groups in total. The van der Waals surface area contributed by atoms with Crippen LogP contribution in [-0.4, -0.2) is 35.8 Å². The first-order chi connectivity index (χ1) is 12.3. The molecule has 0 radical (unpaired) electrons. The molecule has 0 spiro atoms. The maximum atomic E-state index is 13.8. The third kappa shape index (κ3) is 3.39. The van der Waals surface area contributed by atoms with Crippen molar-refractivity contribution in [3.8, 4) is 0 Å². The van der Waals surface area contributed by atoms with E-state index >= 15 is 0 Å². The van der Waals surface area contributed by atoms with E-state index in [1.165, 1.54) is 12.1 Å². The van der Waals surface area contributed by atoms with Crippen molar-refractivity contribution in [3.63, 3.8) is 0 Å². The van der Waals surface area contributed by atoms with Gasteiger partial charge in [0.25, 0.3) is 5.91 Å². The fourth-order valence-electron chi connectivity index (χ4n) is 2.25. The van der Waals surface area contributed by atoms with Crippen LogP contribution in [0.2, 0.25) is 0 Å². The number of alkyl halides is 3. The first-order valence-corrected chi connectivity index (χ1v) is 8.39. The van der Waals surface area contributed by atoms with Crippen molar-refractivity contribution in [1.29, 1.82) is 0 Å². The highest BCUT2D eigenvalue weighted by Crippen LogP contribution is 2.42. The Bertz CT molecular complexity index is 801. The van der Waals surface area contributed by atoms with Gasteiger partial charge in [-0.2, -0.15) is 13.2 Å². The number of methoxy groups -OCH3 is 1. The van der Waals surface area contributed by atoms with Crippen LogP contribution in [0.5, 0.6) is 0 Å². The van der Waals surface area contributed by atoms with Crippen LogP contribution in [0.3, 0.4) is 0 Å². The van der Waals surface area contributed by atoms with Crippen molar-refractivity contribution in [2.75, 3.05) is 12.4 Å². The van der Waals surface area contributed by atoms with E-state index in [1.54, 1.807) is 10.7 Å². The van der Waals surface area contributed by atoms with Crippen molar-refractivity contribution in [3.05, 3.63) is 35.2 Å². The lowest BCUT2D eigenvalue weighted by atomic mass is 10.1. The molecule has 2 aromatic heterocycles. The van der Waals surface area contributed by atoms with Crippen LogP contribution in [0.15, 0.2) is 28.2 Å². The molecule has 0 aliphatic heterocycles. The van der Waals surface area contributed by atoms with E-state index in [1.807, 2.05) is 5.32 Å². The summed E-state index contributed by atoms with van der Waals surface area (Å²) in [4.78, 5) is 28.3. The molecule has 26 heavy (non-hydrogen) atoms. The summed E-state index contributed by atoms with van der Waals surface area (Å²) in [5, 5.41) is 5.12. The molecule has 2 aromatic rings. The second-order valence-corrected chi connectivity index (χ2v) is 6.51. The number of halogens is 3. The van der Waals surface area contributed by atoms with E-state index in [0.717, 1.165) is 37.6 Å². The molecule has 3 rings (SSSR count). The summed E-state index contributed by atoms with van der Waals surface area (Å²) in [6, 6.07) is 2.50. The summed E-state index contributed by atoms with van der Waals surface area (Å²) in [6.07, 6.45) is -2.26. The van der Waals surface area contributed by atoms with E-state index < -0.39 is 23.7 Å². The molecule has 2 heterocycles. The fraction of sp³-hybridized carbons (Fsp3) is 0.400. The van der Waals surface area contributed by atoms with Crippen molar-refractivity contribution < 1.29 is 31.9 Å². The van der Waals surface area contributed by atoms with Crippen molar-refractivity contribution in [1.82, 2.24) is 10.3 Å². The predicted octanol–water partition coefficient (Wildman–Crippen LogP) is 2.89. The predicted molar refractivity (Wildman–Crippen MR) is 84.7 cm³/mol. The number of thiazole rings is 1. The minimum atomic E-state index is -5.21. The van der Waals surface area contributed by atoms with Gasteiger partial charge in [0.05, 0.1) is 19.1 Å². The molecule has 0 unspecified atom stereocenters. The van der Waals surface area contributed by atoms with Gasteiger partial charge >= 0.3 is 17.8 Å². The first kappa shape index (κ1) is 18.2. The van der Waals surface area contributed by atoms with E-state index in [9.17, 15) is 22.8 Å². The van der Waals surface area contributed by atoms with Crippen molar-refractivity contribution >= 4 is 28.3 Å². The number of aromatic nitrogens is 1. The number of carbonyl (C=O) groups excluding carboxylic acids is 2. The van der Waals surface area contributed by atoms with Crippen LogP contribution < -0.4 is 10.6 Å². The number of ether oxygens (including phenoxy) is 1. The summed E-state index contributed by atoms with van der Waals surface area (Å²) in [7, 11) is 0.793. The monoisotopic (exact) mass is 389 g/mol. The molecular weight excluding hydrogens is 375 g/mol. The van der Waals surface area contributed by atoms with Gasteiger partial charge in [0.2, 0.25) is 0 Å². The van der Waals surface area contributed by atoms with Gasteiger partial charge in [0.15, 0.2) is 10.9 Å². The maximum absolute atomic E-state index is 13.8. The number of anilines is 1. The lowest BCUT2D eigenvalue weighted by Gasteiger charge is -2.33. The Hall–Kier alpha value is -2.56. The largest absolute Gasteiger partial charge is 0.466 e. The van der Waals surface area contributed by atoms with Crippen LogP contribution in [0.4, 0.5) is 18.3 Å². The minimum absolute atomic E-state index is 0.158. The number of hydrogen-bond acceptors (Lipinski definition) is 7. The standard InChI is InChI=1S/C15H14F3N3O4S/c1-24-12(23)14(15(16,17)18,20-11(22)10-3-2-6-25-10)21-13-19-9(7-26-13)8-4-5-8/h2-3,6-8H,4-5H2,1H3,(H,19,21)(H,20,22)/t14-/m1/s1. The molecule has 11 heteroatoms. The molecule has 140 valence electrons. The zero-order valence-corrected chi connectivity index (χ0v) is 14.2. The number of nitrogens with one attached hydrogen (secondary N) is 2. The Morgan fingerprint density at radius 3 is 2.65 bits per heavy atom. The van der Waals surface area contributed by atoms with E-state index in [2.05, 4.69) is 9.72 Å². The number of amides is 1. The average Bonchev–Trinajstić information content (AvgIpc) is 3.10. The van der Waals surface area contributed by atoms with Gasteiger partial charge in [-0.1, -0.05) is 0 Å². The highest BCUT2D eigenvalue weighted by atomic mass is 32.1. The Morgan fingerprint density at radius 2 is 2.12 bits per heavy atom. The summed E-state index contributed by atoms with van der Waals surface area (Å²) in [5.74, 6) is -3.13. The second kappa shape index (κ2) is 6.63. The topological polar surface area (TPSA) is 93.5 Å². The third-order valence-electron chi connectivity index (χ3n) is 3.77. The van der Waals surface area contributed by atoms with Gasteiger partial charge < -0.3 is 19.8 Å².